The molecule has 112 valence electrons. The highest BCUT2D eigenvalue weighted by molar-refractivity contribution is 5.94. The van der Waals surface area contributed by atoms with Gasteiger partial charge in [0.1, 0.15) is 5.69 Å². The number of aromatic nitrogens is 2. The van der Waals surface area contributed by atoms with Gasteiger partial charge in [0, 0.05) is 25.2 Å². The van der Waals surface area contributed by atoms with Crippen LogP contribution in [0.3, 0.4) is 0 Å². The van der Waals surface area contributed by atoms with E-state index in [1.54, 1.807) is 6.07 Å². The van der Waals surface area contributed by atoms with Crippen LogP contribution in [0.4, 0.5) is 0 Å². The maximum Gasteiger partial charge on any atom is 0.274 e. The molecule has 3 fully saturated rings. The highest BCUT2D eigenvalue weighted by Gasteiger charge is 2.49. The fourth-order valence-electron chi connectivity index (χ4n) is 3.67. The van der Waals surface area contributed by atoms with Crippen molar-refractivity contribution in [1.29, 1.82) is 0 Å². The molecule has 0 radical (unpaired) electrons. The minimum atomic E-state index is -0.0482. The molecule has 1 aromatic rings. The van der Waals surface area contributed by atoms with E-state index in [0.29, 0.717) is 18.0 Å². The summed E-state index contributed by atoms with van der Waals surface area (Å²) in [5, 5.41) is 6.87. The van der Waals surface area contributed by atoms with Gasteiger partial charge in [-0.15, -0.1) is 0 Å². The molecule has 1 aromatic heterocycles. The molecule has 2 atom stereocenters. The van der Waals surface area contributed by atoms with Gasteiger partial charge in [-0.25, -0.2) is 0 Å². The van der Waals surface area contributed by atoms with E-state index >= 15 is 0 Å². The van der Waals surface area contributed by atoms with Gasteiger partial charge in [-0.1, -0.05) is 0 Å². The number of H-pyrrole nitrogens is 1. The Kier molecular flexibility index (Phi) is 2.80. The van der Waals surface area contributed by atoms with Crippen LogP contribution in [0.25, 0.3) is 0 Å². The van der Waals surface area contributed by atoms with Gasteiger partial charge in [-0.2, -0.15) is 5.10 Å². The average molecular weight is 288 g/mol. The van der Waals surface area contributed by atoms with Crippen molar-refractivity contribution in [3.8, 4) is 0 Å². The quantitative estimate of drug-likeness (QED) is 0.900. The number of hydrogen-bond donors (Lipinski definition) is 1. The van der Waals surface area contributed by atoms with Crippen LogP contribution >= 0.6 is 0 Å². The molecule has 21 heavy (non-hydrogen) atoms. The van der Waals surface area contributed by atoms with Crippen molar-refractivity contribution in [3.63, 3.8) is 0 Å². The van der Waals surface area contributed by atoms with Gasteiger partial charge in [-0.3, -0.25) is 14.7 Å². The van der Waals surface area contributed by atoms with Crippen LogP contribution in [0.1, 0.15) is 41.9 Å². The molecule has 1 N–H and O–H groups in total. The minimum Gasteiger partial charge on any atom is -0.337 e. The predicted molar refractivity (Wildman–Crippen MR) is 75.6 cm³/mol. The molecule has 2 unspecified atom stereocenters. The predicted octanol–water partition coefficient (Wildman–Crippen LogP) is 0.944. The Balaban J connectivity index is 1.51. The summed E-state index contributed by atoms with van der Waals surface area (Å²) in [6.45, 7) is 3.51. The van der Waals surface area contributed by atoms with E-state index in [9.17, 15) is 9.59 Å². The summed E-state index contributed by atoms with van der Waals surface area (Å²) in [4.78, 5) is 28.7. The molecule has 0 aromatic carbocycles. The lowest BCUT2D eigenvalue weighted by Gasteiger charge is -2.25. The summed E-state index contributed by atoms with van der Waals surface area (Å²) in [5.41, 5.74) is 1.34. The second-order valence-corrected chi connectivity index (χ2v) is 6.55. The van der Waals surface area contributed by atoms with E-state index in [-0.39, 0.29) is 23.9 Å². The number of rotatable bonds is 3. The molecule has 6 heteroatoms. The third-order valence-electron chi connectivity index (χ3n) is 4.95. The number of aromatic amines is 1. The van der Waals surface area contributed by atoms with Gasteiger partial charge < -0.3 is 9.80 Å². The summed E-state index contributed by atoms with van der Waals surface area (Å²) in [5.74, 6) is 0.868. The van der Waals surface area contributed by atoms with Gasteiger partial charge in [0.15, 0.2) is 0 Å². The first-order valence-electron chi connectivity index (χ1n) is 7.76. The van der Waals surface area contributed by atoms with Crippen molar-refractivity contribution in [2.24, 2.45) is 5.92 Å². The van der Waals surface area contributed by atoms with Crippen molar-refractivity contribution < 1.29 is 9.59 Å². The number of carbonyl (C=O) groups is 2. The summed E-state index contributed by atoms with van der Waals surface area (Å²) in [6, 6.07) is 2.04. The largest absolute Gasteiger partial charge is 0.337 e. The molecule has 2 amide bonds. The molecule has 0 bridgehead atoms. The number of nitrogens with zero attached hydrogens (tertiary/aromatic N) is 3. The molecular formula is C15H20N4O2. The first kappa shape index (κ1) is 12.9. The summed E-state index contributed by atoms with van der Waals surface area (Å²) in [7, 11) is 0. The van der Waals surface area contributed by atoms with Crippen molar-refractivity contribution in [2.45, 2.75) is 44.7 Å². The van der Waals surface area contributed by atoms with E-state index in [1.165, 1.54) is 12.8 Å². The molecule has 2 saturated heterocycles. The van der Waals surface area contributed by atoms with Gasteiger partial charge >= 0.3 is 0 Å². The van der Waals surface area contributed by atoms with E-state index in [2.05, 4.69) is 10.2 Å². The SMILES string of the molecule is Cc1cc(C(=O)N2CCC3C2CC(=O)N3CC2CC2)n[nH]1. The van der Waals surface area contributed by atoms with Crippen molar-refractivity contribution in [3.05, 3.63) is 17.5 Å². The number of fused-ring (bicyclic) bond motifs is 1. The zero-order valence-electron chi connectivity index (χ0n) is 12.2. The van der Waals surface area contributed by atoms with E-state index in [4.69, 9.17) is 0 Å². The Labute approximate surface area is 123 Å². The Morgan fingerprint density at radius 2 is 2.19 bits per heavy atom. The number of amides is 2. The number of hydrogen-bond acceptors (Lipinski definition) is 3. The summed E-state index contributed by atoms with van der Waals surface area (Å²) < 4.78 is 0. The lowest BCUT2D eigenvalue weighted by Crippen LogP contribution is -2.40. The Bertz CT molecular complexity index is 592. The van der Waals surface area contributed by atoms with Gasteiger partial charge in [0.25, 0.3) is 5.91 Å². The lowest BCUT2D eigenvalue weighted by atomic mass is 10.1. The highest BCUT2D eigenvalue weighted by atomic mass is 16.2. The van der Waals surface area contributed by atoms with Crippen LogP contribution in [0.5, 0.6) is 0 Å². The van der Waals surface area contributed by atoms with Crippen molar-refractivity contribution in [1.82, 2.24) is 20.0 Å². The first-order chi connectivity index (χ1) is 10.1. The molecular weight excluding hydrogens is 268 g/mol. The van der Waals surface area contributed by atoms with Gasteiger partial charge in [0.2, 0.25) is 5.91 Å². The second kappa shape index (κ2) is 4.58. The maximum absolute atomic E-state index is 12.6. The fourth-order valence-corrected chi connectivity index (χ4v) is 3.67. The van der Waals surface area contributed by atoms with Gasteiger partial charge in [0.05, 0.1) is 12.1 Å². The number of nitrogens with one attached hydrogen (secondary N) is 1. The molecule has 0 spiro atoms. The Hall–Kier alpha value is -1.85. The molecule has 1 saturated carbocycles. The van der Waals surface area contributed by atoms with Crippen LogP contribution < -0.4 is 0 Å². The number of likely N-dealkylation sites (tertiary alicyclic amines) is 2. The highest BCUT2D eigenvalue weighted by Crippen LogP contribution is 2.37. The second-order valence-electron chi connectivity index (χ2n) is 6.55. The van der Waals surface area contributed by atoms with Crippen LogP contribution in [0.2, 0.25) is 0 Å². The molecule has 3 heterocycles. The zero-order valence-corrected chi connectivity index (χ0v) is 12.2. The van der Waals surface area contributed by atoms with Crippen LogP contribution in [-0.4, -0.2) is 57.0 Å². The van der Waals surface area contributed by atoms with Crippen molar-refractivity contribution >= 4 is 11.8 Å². The topological polar surface area (TPSA) is 69.3 Å². The van der Waals surface area contributed by atoms with Crippen LogP contribution in [0.15, 0.2) is 6.07 Å². The monoisotopic (exact) mass is 288 g/mol. The smallest absolute Gasteiger partial charge is 0.274 e. The molecule has 6 nitrogen and oxygen atoms in total. The summed E-state index contributed by atoms with van der Waals surface area (Å²) >= 11 is 0. The molecule has 3 aliphatic rings. The average Bonchev–Trinajstić information content (AvgIpc) is 2.89. The van der Waals surface area contributed by atoms with Crippen LogP contribution in [0, 0.1) is 12.8 Å². The fraction of sp³-hybridized carbons (Fsp3) is 0.667. The standard InChI is InChI=1S/C15H20N4O2/c1-9-6-11(17-16-9)15(21)18-5-4-12-13(18)7-14(20)19(12)8-10-2-3-10/h6,10,12-13H,2-5,7-8H2,1H3,(H,16,17). The van der Waals surface area contributed by atoms with E-state index in [0.717, 1.165) is 25.2 Å². The first-order valence-corrected chi connectivity index (χ1v) is 7.76. The molecule has 1 aliphatic carbocycles. The van der Waals surface area contributed by atoms with Crippen molar-refractivity contribution in [2.75, 3.05) is 13.1 Å². The van der Waals surface area contributed by atoms with Gasteiger partial charge in [-0.05, 0) is 38.2 Å². The Morgan fingerprint density at radius 3 is 2.86 bits per heavy atom. The third kappa shape index (κ3) is 2.13. The molecule has 2 aliphatic heterocycles. The Morgan fingerprint density at radius 1 is 1.38 bits per heavy atom. The maximum atomic E-state index is 12.6. The zero-order chi connectivity index (χ0) is 14.6. The third-order valence-corrected chi connectivity index (χ3v) is 4.95. The summed E-state index contributed by atoms with van der Waals surface area (Å²) in [6.07, 6.45) is 3.87. The number of carbonyl (C=O) groups excluding carboxylic acids is 2. The lowest BCUT2D eigenvalue weighted by molar-refractivity contribution is -0.129. The minimum absolute atomic E-state index is 0.0424. The normalized spacial score (nSPS) is 28.3. The van der Waals surface area contributed by atoms with E-state index in [1.807, 2.05) is 16.7 Å². The molecule has 4 rings (SSSR count). The number of aryl methyl sites for hydroxylation is 1. The van der Waals surface area contributed by atoms with E-state index < -0.39 is 0 Å². The van der Waals surface area contributed by atoms with Crippen LogP contribution in [-0.2, 0) is 4.79 Å².